The fraction of sp³-hybridized carbons (Fsp3) is 0.214. The number of hydrogen-bond acceptors (Lipinski definition) is 7. The molecule has 0 aliphatic carbocycles. The number of nitrogens with zero attached hydrogens (tertiary/aromatic N) is 3. The molecule has 1 aromatic heterocycles. The van der Waals surface area contributed by atoms with Gasteiger partial charge in [0.05, 0.1) is 10.5 Å². The number of rotatable bonds is 4. The Kier molecular flexibility index (Phi) is 5.94. The van der Waals surface area contributed by atoms with Crippen LogP contribution in [0.5, 0.6) is 0 Å². The highest BCUT2D eigenvalue weighted by Crippen LogP contribution is 2.23. The molecule has 0 atom stereocenters. The molecule has 1 aromatic carbocycles. The summed E-state index contributed by atoms with van der Waals surface area (Å²) < 4.78 is 0. The number of hydrogen-bond donors (Lipinski definition) is 3. The molecule has 0 spiro atoms. The number of nitro benzene ring substituents is 1. The zero-order chi connectivity index (χ0) is 16.7. The molecule has 0 aliphatic rings. The van der Waals surface area contributed by atoms with E-state index in [0.29, 0.717) is 17.1 Å². The van der Waals surface area contributed by atoms with E-state index in [9.17, 15) is 10.1 Å². The Hall–Kier alpha value is -3.03. The molecule has 0 bridgehead atoms. The lowest BCUT2D eigenvalue weighted by Crippen LogP contribution is -2.08. The van der Waals surface area contributed by atoms with Gasteiger partial charge in [0.25, 0.3) is 5.69 Å². The van der Waals surface area contributed by atoms with Gasteiger partial charge in [0.2, 0.25) is 0 Å². The monoisotopic (exact) mass is 302 g/mol. The third-order valence-electron chi connectivity index (χ3n) is 2.59. The predicted molar refractivity (Wildman–Crippen MR) is 86.7 cm³/mol. The minimum absolute atomic E-state index is 0.00112. The van der Waals surface area contributed by atoms with E-state index in [2.05, 4.69) is 15.3 Å². The van der Waals surface area contributed by atoms with Crippen LogP contribution in [0.3, 0.4) is 0 Å². The molecule has 4 N–H and O–H groups in total. The molecule has 0 saturated heterocycles. The van der Waals surface area contributed by atoms with Crippen LogP contribution in [0.2, 0.25) is 0 Å². The van der Waals surface area contributed by atoms with Crippen molar-refractivity contribution >= 4 is 28.7 Å². The fourth-order valence-corrected chi connectivity index (χ4v) is 1.67. The van der Waals surface area contributed by atoms with Crippen molar-refractivity contribution in [1.82, 2.24) is 9.97 Å². The van der Waals surface area contributed by atoms with Crippen molar-refractivity contribution in [3.63, 3.8) is 0 Å². The van der Waals surface area contributed by atoms with Crippen LogP contribution in [0.1, 0.15) is 26.3 Å². The summed E-state index contributed by atoms with van der Waals surface area (Å²) in [7, 11) is 0. The number of nitrogens with one attached hydrogen (secondary N) is 2. The number of nitrogen functional groups attached to an aromatic ring is 1. The van der Waals surface area contributed by atoms with Crippen LogP contribution in [0, 0.1) is 15.5 Å². The summed E-state index contributed by atoms with van der Waals surface area (Å²) in [5, 5.41) is 21.2. The molecule has 1 heterocycles. The third-order valence-corrected chi connectivity index (χ3v) is 2.59. The summed E-state index contributed by atoms with van der Waals surface area (Å²) >= 11 is 0. The zero-order valence-corrected chi connectivity index (χ0v) is 12.6. The Morgan fingerprint density at radius 2 is 1.86 bits per heavy atom. The van der Waals surface area contributed by atoms with Gasteiger partial charge >= 0.3 is 0 Å². The quantitative estimate of drug-likeness (QED) is 0.451. The van der Waals surface area contributed by atoms with Crippen LogP contribution in [0.4, 0.5) is 23.0 Å². The van der Waals surface area contributed by atoms with E-state index in [4.69, 9.17) is 11.1 Å². The maximum atomic E-state index is 10.6. The number of aromatic nitrogens is 2. The molecule has 0 unspecified atom stereocenters. The molecule has 0 saturated carbocycles. The van der Waals surface area contributed by atoms with E-state index in [1.165, 1.54) is 18.5 Å². The second-order valence-corrected chi connectivity index (χ2v) is 4.04. The molecule has 0 amide bonds. The average molecular weight is 302 g/mol. The van der Waals surface area contributed by atoms with Gasteiger partial charge in [-0.25, -0.2) is 9.97 Å². The Morgan fingerprint density at radius 1 is 1.27 bits per heavy atom. The van der Waals surface area contributed by atoms with Gasteiger partial charge in [0, 0.05) is 23.5 Å². The van der Waals surface area contributed by atoms with Crippen LogP contribution in [0.25, 0.3) is 0 Å². The highest BCUT2D eigenvalue weighted by Gasteiger charge is 2.12. The molecular weight excluding hydrogens is 284 g/mol. The molecule has 0 fully saturated rings. The van der Waals surface area contributed by atoms with Crippen molar-refractivity contribution < 1.29 is 4.92 Å². The first-order valence-electron chi connectivity index (χ1n) is 6.66. The lowest BCUT2D eigenvalue weighted by atomic mass is 10.2. The maximum absolute atomic E-state index is 10.6. The van der Waals surface area contributed by atoms with Gasteiger partial charge in [-0.1, -0.05) is 13.8 Å². The highest BCUT2D eigenvalue weighted by molar-refractivity contribution is 6.04. The van der Waals surface area contributed by atoms with E-state index in [1.807, 2.05) is 13.8 Å². The van der Waals surface area contributed by atoms with Crippen LogP contribution in [-0.4, -0.2) is 20.6 Å². The number of benzene rings is 1. The van der Waals surface area contributed by atoms with Crippen LogP contribution in [0.15, 0.2) is 30.6 Å². The third kappa shape index (κ3) is 3.98. The van der Waals surface area contributed by atoms with Crippen molar-refractivity contribution in [2.75, 3.05) is 11.1 Å². The van der Waals surface area contributed by atoms with Gasteiger partial charge in [-0.3, -0.25) is 10.1 Å². The summed E-state index contributed by atoms with van der Waals surface area (Å²) in [6.45, 7) is 5.58. The number of nitrogens with two attached hydrogens (primary N) is 1. The second-order valence-electron chi connectivity index (χ2n) is 4.04. The van der Waals surface area contributed by atoms with Gasteiger partial charge in [-0.2, -0.15) is 0 Å². The molecule has 2 rings (SSSR count). The van der Waals surface area contributed by atoms with Crippen LogP contribution >= 0.6 is 0 Å². The molecule has 0 aliphatic heterocycles. The van der Waals surface area contributed by atoms with Crippen molar-refractivity contribution in [2.45, 2.75) is 20.8 Å². The molecule has 8 heteroatoms. The Balaban J connectivity index is 0.00000116. The van der Waals surface area contributed by atoms with E-state index in [0.717, 1.165) is 0 Å². The molecule has 0 radical (unpaired) electrons. The summed E-state index contributed by atoms with van der Waals surface area (Å²) in [4.78, 5) is 18.0. The van der Waals surface area contributed by atoms with Gasteiger partial charge in [0.1, 0.15) is 18.0 Å². The van der Waals surface area contributed by atoms with Gasteiger partial charge in [0.15, 0.2) is 0 Å². The van der Waals surface area contributed by atoms with Gasteiger partial charge in [-0.05, 0) is 19.1 Å². The fourth-order valence-electron chi connectivity index (χ4n) is 1.67. The van der Waals surface area contributed by atoms with E-state index in [1.54, 1.807) is 19.1 Å². The summed E-state index contributed by atoms with van der Waals surface area (Å²) in [5.74, 6) is 0.593. The first kappa shape index (κ1) is 17.0. The largest absolute Gasteiger partial charge is 0.383 e. The van der Waals surface area contributed by atoms with E-state index < -0.39 is 4.92 Å². The average Bonchev–Trinajstić information content (AvgIpc) is 2.49. The Labute approximate surface area is 128 Å². The standard InChI is InChI=1S/C12H12N6O2.C2H6/c1-7(13)10-11(14)15-6-16-12(10)17-8-2-4-9(5-3-8)18(19)20;1-2/h2-6,13H,1H3,(H3,14,15,16,17);1-2H3. The summed E-state index contributed by atoms with van der Waals surface area (Å²) in [5.41, 5.74) is 6.96. The van der Waals surface area contributed by atoms with Gasteiger partial charge < -0.3 is 16.5 Å². The zero-order valence-electron chi connectivity index (χ0n) is 12.6. The molecule has 2 aromatic rings. The van der Waals surface area contributed by atoms with Crippen molar-refractivity contribution in [2.24, 2.45) is 0 Å². The molecule has 116 valence electrons. The lowest BCUT2D eigenvalue weighted by Gasteiger charge is -2.11. The second kappa shape index (κ2) is 7.67. The number of anilines is 3. The summed E-state index contributed by atoms with van der Waals surface area (Å²) in [6.07, 6.45) is 1.29. The smallest absolute Gasteiger partial charge is 0.269 e. The maximum Gasteiger partial charge on any atom is 0.269 e. The van der Waals surface area contributed by atoms with Crippen LogP contribution < -0.4 is 11.1 Å². The van der Waals surface area contributed by atoms with Crippen molar-refractivity contribution in [3.05, 3.63) is 46.3 Å². The van der Waals surface area contributed by atoms with Gasteiger partial charge in [-0.15, -0.1) is 0 Å². The minimum atomic E-state index is -0.473. The SMILES string of the molecule is CC.CC(=N)c1c(N)ncnc1Nc1ccc([N+](=O)[O-])cc1. The van der Waals surface area contributed by atoms with E-state index >= 15 is 0 Å². The first-order valence-corrected chi connectivity index (χ1v) is 6.66. The molecule has 22 heavy (non-hydrogen) atoms. The lowest BCUT2D eigenvalue weighted by molar-refractivity contribution is -0.384. The predicted octanol–water partition coefficient (Wildman–Crippen LogP) is 3.12. The molecule has 8 nitrogen and oxygen atoms in total. The van der Waals surface area contributed by atoms with E-state index in [-0.39, 0.29) is 17.2 Å². The topological polar surface area (TPSA) is 131 Å². The van der Waals surface area contributed by atoms with Crippen molar-refractivity contribution in [3.8, 4) is 0 Å². The van der Waals surface area contributed by atoms with Crippen LogP contribution in [-0.2, 0) is 0 Å². The Bertz CT molecular complexity index is 670. The molecular formula is C14H18N6O2. The highest BCUT2D eigenvalue weighted by atomic mass is 16.6. The number of non-ortho nitro benzene ring substituents is 1. The normalized spacial score (nSPS) is 9.41. The minimum Gasteiger partial charge on any atom is -0.383 e. The number of nitro groups is 1. The van der Waals surface area contributed by atoms with Crippen molar-refractivity contribution in [1.29, 1.82) is 5.41 Å². The first-order chi connectivity index (χ1) is 10.5. The summed E-state index contributed by atoms with van der Waals surface area (Å²) in [6, 6.07) is 5.87. The Morgan fingerprint density at radius 3 is 2.36 bits per heavy atom.